The number of hydrogen-bond acceptors (Lipinski definition) is 5. The van der Waals surface area contributed by atoms with Crippen LogP contribution in [0.3, 0.4) is 0 Å². The van der Waals surface area contributed by atoms with Crippen molar-refractivity contribution in [2.24, 2.45) is 0 Å². The van der Waals surface area contributed by atoms with Gasteiger partial charge in [-0.25, -0.2) is 4.98 Å². The molecule has 7 heteroatoms. The van der Waals surface area contributed by atoms with Crippen molar-refractivity contribution < 1.29 is 0 Å². The van der Waals surface area contributed by atoms with Crippen LogP contribution >= 0.6 is 7.87 Å². The van der Waals surface area contributed by atoms with Gasteiger partial charge in [0.2, 0.25) is 0 Å². The fraction of sp³-hybridized carbons (Fsp3) is 0.857. The lowest BCUT2D eigenvalue weighted by Crippen LogP contribution is -2.46. The molecule has 3 saturated heterocycles. The first-order valence-electron chi connectivity index (χ1n) is 8.43. The summed E-state index contributed by atoms with van der Waals surface area (Å²) in [6, 6.07) is 0. The standard InChI is InChI=1S/C14H26N6P/c1-2-8-17(7-1)21(18-9-3-4-10-18,19-11-5-6-12-19)20-14-15-13-16-20/h13-14H,1-12H2/q+1. The summed E-state index contributed by atoms with van der Waals surface area (Å²) in [6.07, 6.45) is 11.7. The van der Waals surface area contributed by atoms with Gasteiger partial charge in [-0.3, -0.25) is 0 Å². The maximum Gasteiger partial charge on any atom is 0.354 e. The van der Waals surface area contributed by atoms with Gasteiger partial charge in [-0.05, 0) is 38.5 Å². The lowest BCUT2D eigenvalue weighted by molar-refractivity contribution is 0.356. The molecule has 0 N–H and O–H groups in total. The number of nitrogens with zero attached hydrogens (tertiary/aromatic N) is 6. The van der Waals surface area contributed by atoms with E-state index in [-0.39, 0.29) is 0 Å². The Kier molecular flexibility index (Phi) is 3.96. The van der Waals surface area contributed by atoms with E-state index in [1.165, 1.54) is 77.8 Å². The van der Waals surface area contributed by atoms with E-state index in [0.29, 0.717) is 0 Å². The van der Waals surface area contributed by atoms with Crippen LogP contribution in [-0.4, -0.2) is 67.8 Å². The van der Waals surface area contributed by atoms with Crippen molar-refractivity contribution in [1.82, 2.24) is 28.5 Å². The highest BCUT2D eigenvalue weighted by Gasteiger charge is 2.61. The van der Waals surface area contributed by atoms with Crippen LogP contribution < -0.4 is 0 Å². The van der Waals surface area contributed by atoms with Crippen LogP contribution in [0.25, 0.3) is 0 Å². The SMILES string of the molecule is c1ncn([P+](N2CCCC2)(N2CCCC2)N2CCCC2)n1. The van der Waals surface area contributed by atoms with Gasteiger partial charge in [0.1, 0.15) is 6.33 Å². The monoisotopic (exact) mass is 309 g/mol. The van der Waals surface area contributed by atoms with Gasteiger partial charge >= 0.3 is 7.87 Å². The Hall–Kier alpha value is -0.550. The molecule has 116 valence electrons. The van der Waals surface area contributed by atoms with Gasteiger partial charge in [-0.1, -0.05) is 4.45 Å². The third-order valence-electron chi connectivity index (χ3n) is 5.07. The molecule has 0 aliphatic carbocycles. The van der Waals surface area contributed by atoms with Gasteiger partial charge in [-0.15, -0.1) is 19.1 Å². The van der Waals surface area contributed by atoms with Crippen molar-refractivity contribution in [3.63, 3.8) is 0 Å². The zero-order chi connectivity index (χ0) is 14.1. The molecule has 0 atom stereocenters. The molecule has 4 heterocycles. The molecular formula is C14H26N6P+. The maximum atomic E-state index is 4.65. The number of hydrogen-bond donors (Lipinski definition) is 0. The third kappa shape index (κ3) is 2.24. The molecule has 6 nitrogen and oxygen atoms in total. The molecule has 21 heavy (non-hydrogen) atoms. The quantitative estimate of drug-likeness (QED) is 0.797. The molecular weight excluding hydrogens is 283 g/mol. The van der Waals surface area contributed by atoms with E-state index in [1.807, 2.05) is 6.33 Å². The Morgan fingerprint density at radius 3 is 1.43 bits per heavy atom. The first kappa shape index (κ1) is 14.1. The molecule has 0 radical (unpaired) electrons. The second kappa shape index (κ2) is 5.92. The summed E-state index contributed by atoms with van der Waals surface area (Å²) in [4.78, 5) is 4.30. The number of rotatable bonds is 4. The van der Waals surface area contributed by atoms with Gasteiger partial charge < -0.3 is 0 Å². The lowest BCUT2D eigenvalue weighted by Gasteiger charge is -2.42. The Labute approximate surface area is 127 Å². The second-order valence-electron chi connectivity index (χ2n) is 6.33. The summed E-state index contributed by atoms with van der Waals surface area (Å²) in [5.41, 5.74) is 0. The molecule has 0 saturated carbocycles. The minimum atomic E-state index is -1.70. The molecule has 0 aromatic carbocycles. The Morgan fingerprint density at radius 2 is 1.10 bits per heavy atom. The van der Waals surface area contributed by atoms with Gasteiger partial charge in [-0.2, -0.15) is 0 Å². The minimum Gasteiger partial charge on any atom is -0.219 e. The van der Waals surface area contributed by atoms with Crippen molar-refractivity contribution in [3.05, 3.63) is 12.7 Å². The van der Waals surface area contributed by atoms with Crippen LogP contribution in [0.1, 0.15) is 38.5 Å². The molecule has 3 aliphatic rings. The number of aromatic nitrogens is 3. The first-order chi connectivity index (χ1) is 10.4. The summed E-state index contributed by atoms with van der Waals surface area (Å²) in [5, 5.41) is 4.65. The molecule has 0 bridgehead atoms. The van der Waals surface area contributed by atoms with Gasteiger partial charge in [0.25, 0.3) is 0 Å². The van der Waals surface area contributed by atoms with Crippen LogP contribution in [0.15, 0.2) is 12.7 Å². The molecule has 0 unspecified atom stereocenters. The predicted octanol–water partition coefficient (Wildman–Crippen LogP) is 2.09. The average Bonchev–Trinajstić information content (AvgIpc) is 3.32. The van der Waals surface area contributed by atoms with Crippen LogP contribution in [0.5, 0.6) is 0 Å². The van der Waals surface area contributed by atoms with E-state index in [4.69, 9.17) is 0 Å². The molecule has 1 aromatic rings. The van der Waals surface area contributed by atoms with E-state index < -0.39 is 7.87 Å². The highest BCUT2D eigenvalue weighted by molar-refractivity contribution is 7.67. The van der Waals surface area contributed by atoms with E-state index in [9.17, 15) is 0 Å². The average molecular weight is 309 g/mol. The van der Waals surface area contributed by atoms with Crippen LogP contribution in [-0.2, 0) is 0 Å². The molecule has 4 rings (SSSR count). The van der Waals surface area contributed by atoms with E-state index >= 15 is 0 Å². The maximum absolute atomic E-state index is 4.65. The Balaban J connectivity index is 1.80. The van der Waals surface area contributed by atoms with Crippen molar-refractivity contribution in [2.75, 3.05) is 39.3 Å². The van der Waals surface area contributed by atoms with Crippen LogP contribution in [0.4, 0.5) is 0 Å². The third-order valence-corrected chi connectivity index (χ3v) is 9.30. The van der Waals surface area contributed by atoms with Gasteiger partial charge in [0.15, 0.2) is 6.33 Å². The second-order valence-corrected chi connectivity index (χ2v) is 9.52. The van der Waals surface area contributed by atoms with Gasteiger partial charge in [0, 0.05) is 39.3 Å². The summed E-state index contributed by atoms with van der Waals surface area (Å²) in [7, 11) is -1.70. The lowest BCUT2D eigenvalue weighted by atomic mass is 10.4. The van der Waals surface area contributed by atoms with Crippen molar-refractivity contribution in [1.29, 1.82) is 0 Å². The van der Waals surface area contributed by atoms with Crippen molar-refractivity contribution in [3.8, 4) is 0 Å². The topological polar surface area (TPSA) is 40.4 Å². The summed E-state index contributed by atoms with van der Waals surface area (Å²) >= 11 is 0. The first-order valence-corrected chi connectivity index (χ1v) is 10.0. The normalized spacial score (nSPS) is 26.1. The Bertz CT molecular complexity index is 405. The Morgan fingerprint density at radius 1 is 0.667 bits per heavy atom. The van der Waals surface area contributed by atoms with Crippen molar-refractivity contribution in [2.45, 2.75) is 38.5 Å². The fourth-order valence-electron chi connectivity index (χ4n) is 4.17. The molecule has 0 spiro atoms. The van der Waals surface area contributed by atoms with Crippen molar-refractivity contribution >= 4 is 7.87 Å². The summed E-state index contributed by atoms with van der Waals surface area (Å²) < 4.78 is 10.5. The minimum absolute atomic E-state index is 1.22. The molecule has 3 fully saturated rings. The highest BCUT2D eigenvalue weighted by Crippen LogP contribution is 2.70. The zero-order valence-corrected chi connectivity index (χ0v) is 13.7. The van der Waals surface area contributed by atoms with E-state index in [2.05, 4.69) is 28.5 Å². The van der Waals surface area contributed by atoms with E-state index in [1.54, 1.807) is 6.33 Å². The van der Waals surface area contributed by atoms with Crippen LogP contribution in [0.2, 0.25) is 0 Å². The predicted molar refractivity (Wildman–Crippen MR) is 84.8 cm³/mol. The molecule has 3 aliphatic heterocycles. The fourth-order valence-corrected chi connectivity index (χ4v) is 8.86. The smallest absolute Gasteiger partial charge is 0.219 e. The molecule has 0 amide bonds. The zero-order valence-electron chi connectivity index (χ0n) is 12.8. The summed E-state index contributed by atoms with van der Waals surface area (Å²) in [5.74, 6) is 0. The summed E-state index contributed by atoms with van der Waals surface area (Å²) in [6.45, 7) is 7.34. The highest BCUT2D eigenvalue weighted by atomic mass is 31.2. The largest absolute Gasteiger partial charge is 0.354 e. The molecule has 1 aromatic heterocycles. The van der Waals surface area contributed by atoms with Gasteiger partial charge in [0.05, 0.1) is 0 Å². The van der Waals surface area contributed by atoms with E-state index in [0.717, 1.165) is 0 Å². The van der Waals surface area contributed by atoms with Crippen LogP contribution in [0, 0.1) is 0 Å².